The Morgan fingerprint density at radius 1 is 1.47 bits per heavy atom. The zero-order valence-corrected chi connectivity index (χ0v) is 13.5. The van der Waals surface area contributed by atoms with E-state index < -0.39 is 10.0 Å². The molecule has 0 aromatic carbocycles. The van der Waals surface area contributed by atoms with Crippen molar-refractivity contribution in [2.45, 2.75) is 37.8 Å². The van der Waals surface area contributed by atoms with Gasteiger partial charge >= 0.3 is 0 Å². The number of hydrogen-bond donors (Lipinski definition) is 2. The maximum Gasteiger partial charge on any atom is 0.242 e. The predicted octanol–water partition coefficient (Wildman–Crippen LogP) is 1.48. The summed E-state index contributed by atoms with van der Waals surface area (Å²) >= 11 is 1.50. The van der Waals surface area contributed by atoms with E-state index in [-0.39, 0.29) is 6.04 Å². The minimum atomic E-state index is -3.47. The lowest BCUT2D eigenvalue weighted by Crippen LogP contribution is -2.37. The molecule has 0 radical (unpaired) electrons. The molecule has 0 aliphatic rings. The van der Waals surface area contributed by atoms with Crippen LogP contribution >= 0.6 is 11.3 Å². The molecule has 2 N–H and O–H groups in total. The van der Waals surface area contributed by atoms with Crippen molar-refractivity contribution in [1.29, 1.82) is 0 Å². The molecule has 1 aromatic rings. The molecule has 0 fully saturated rings. The fraction of sp³-hybridized carbons (Fsp3) is 0.667. The van der Waals surface area contributed by atoms with E-state index >= 15 is 0 Å². The number of rotatable bonds is 8. The highest BCUT2D eigenvalue weighted by Gasteiger charge is 2.22. The summed E-state index contributed by atoms with van der Waals surface area (Å²) in [6.45, 7) is 4.81. The molecular formula is C12H22N2O3S2. The Hall–Kier alpha value is -0.470. The average Bonchev–Trinajstić information content (AvgIpc) is 2.71. The van der Waals surface area contributed by atoms with Gasteiger partial charge < -0.3 is 10.1 Å². The first kappa shape index (κ1) is 16.6. The number of aryl methyl sites for hydroxylation is 1. The number of nitrogens with one attached hydrogen (secondary N) is 2. The molecule has 0 saturated carbocycles. The van der Waals surface area contributed by atoms with E-state index in [0.717, 1.165) is 9.75 Å². The maximum atomic E-state index is 12.3. The summed E-state index contributed by atoms with van der Waals surface area (Å²) in [7, 11) is -0.0616. The van der Waals surface area contributed by atoms with Crippen LogP contribution < -0.4 is 10.0 Å². The highest BCUT2D eigenvalue weighted by molar-refractivity contribution is 7.89. The Kier molecular flexibility index (Phi) is 6.41. The van der Waals surface area contributed by atoms with Crippen molar-refractivity contribution in [3.05, 3.63) is 15.8 Å². The van der Waals surface area contributed by atoms with Crippen molar-refractivity contribution in [2.75, 3.05) is 20.8 Å². The van der Waals surface area contributed by atoms with Crippen molar-refractivity contribution in [2.24, 2.45) is 0 Å². The van der Waals surface area contributed by atoms with Crippen LogP contribution in [-0.2, 0) is 21.3 Å². The van der Waals surface area contributed by atoms with Gasteiger partial charge in [0.05, 0.1) is 11.5 Å². The summed E-state index contributed by atoms with van der Waals surface area (Å²) in [5.41, 5.74) is 0. The monoisotopic (exact) mass is 306 g/mol. The zero-order valence-electron chi connectivity index (χ0n) is 11.8. The highest BCUT2D eigenvalue weighted by atomic mass is 32.2. The van der Waals surface area contributed by atoms with E-state index in [2.05, 4.69) is 10.0 Å². The van der Waals surface area contributed by atoms with E-state index in [9.17, 15) is 8.42 Å². The Morgan fingerprint density at radius 2 is 2.16 bits per heavy atom. The molecule has 0 saturated heterocycles. The van der Waals surface area contributed by atoms with Crippen LogP contribution in [0, 0.1) is 6.92 Å². The van der Waals surface area contributed by atoms with Crippen LogP contribution in [-0.4, -0.2) is 35.2 Å². The molecule has 7 heteroatoms. The van der Waals surface area contributed by atoms with Crippen molar-refractivity contribution in [1.82, 2.24) is 10.0 Å². The first-order valence-corrected chi connectivity index (χ1v) is 8.49. The van der Waals surface area contributed by atoms with Crippen LogP contribution in [0.25, 0.3) is 0 Å². The third-order valence-electron chi connectivity index (χ3n) is 2.75. The van der Waals surface area contributed by atoms with Gasteiger partial charge in [0.2, 0.25) is 10.0 Å². The molecule has 110 valence electrons. The van der Waals surface area contributed by atoms with E-state index in [1.807, 2.05) is 20.9 Å². The van der Waals surface area contributed by atoms with E-state index in [0.29, 0.717) is 24.5 Å². The normalized spacial score (nSPS) is 13.7. The Morgan fingerprint density at radius 3 is 2.68 bits per heavy atom. The summed E-state index contributed by atoms with van der Waals surface area (Å²) in [6, 6.07) is 1.54. The second-order valence-corrected chi connectivity index (χ2v) is 7.37. The molecular weight excluding hydrogens is 284 g/mol. The summed E-state index contributed by atoms with van der Waals surface area (Å²) < 4.78 is 32.4. The summed E-state index contributed by atoms with van der Waals surface area (Å²) in [5, 5.41) is 3.02. The van der Waals surface area contributed by atoms with Crippen molar-refractivity contribution in [3.63, 3.8) is 0 Å². The standard InChI is InChI=1S/C12H22N2O3S2/c1-5-10(8-17-4)14-19(15,16)12-6-11(7-13-3)18-9(12)2/h6,10,13-14H,5,7-8H2,1-4H3. The molecule has 1 aromatic heterocycles. The van der Waals surface area contributed by atoms with Crippen molar-refractivity contribution >= 4 is 21.4 Å². The van der Waals surface area contributed by atoms with Crippen LogP contribution in [0.4, 0.5) is 0 Å². The fourth-order valence-electron chi connectivity index (χ4n) is 1.77. The van der Waals surface area contributed by atoms with Gasteiger partial charge in [0.1, 0.15) is 0 Å². The zero-order chi connectivity index (χ0) is 14.5. The smallest absolute Gasteiger partial charge is 0.242 e. The topological polar surface area (TPSA) is 67.4 Å². The van der Waals surface area contributed by atoms with Gasteiger partial charge in [0, 0.05) is 29.5 Å². The Balaban J connectivity index is 2.93. The number of methoxy groups -OCH3 is 1. The molecule has 0 aliphatic heterocycles. The van der Waals surface area contributed by atoms with Gasteiger partial charge in [-0.3, -0.25) is 0 Å². The van der Waals surface area contributed by atoms with Gasteiger partial charge in [-0.1, -0.05) is 6.92 Å². The minimum absolute atomic E-state index is 0.193. The van der Waals surface area contributed by atoms with Crippen LogP contribution in [0.5, 0.6) is 0 Å². The quantitative estimate of drug-likeness (QED) is 0.763. The molecule has 1 rings (SSSR count). The van der Waals surface area contributed by atoms with Crippen LogP contribution in [0.3, 0.4) is 0 Å². The largest absolute Gasteiger partial charge is 0.383 e. The molecule has 1 heterocycles. The molecule has 0 aliphatic carbocycles. The predicted molar refractivity (Wildman–Crippen MR) is 78.1 cm³/mol. The molecule has 0 bridgehead atoms. The maximum absolute atomic E-state index is 12.3. The van der Waals surface area contributed by atoms with E-state index in [4.69, 9.17) is 4.74 Å². The number of hydrogen-bond acceptors (Lipinski definition) is 5. The molecule has 0 spiro atoms. The van der Waals surface area contributed by atoms with Gasteiger partial charge in [-0.25, -0.2) is 13.1 Å². The van der Waals surface area contributed by atoms with E-state index in [1.54, 1.807) is 13.2 Å². The summed E-state index contributed by atoms with van der Waals surface area (Å²) in [6.07, 6.45) is 0.694. The molecule has 0 amide bonds. The number of ether oxygens (including phenoxy) is 1. The van der Waals surface area contributed by atoms with Crippen molar-refractivity contribution in [3.8, 4) is 0 Å². The molecule has 1 unspecified atom stereocenters. The van der Waals surface area contributed by atoms with E-state index in [1.165, 1.54) is 11.3 Å². The molecule has 1 atom stereocenters. The van der Waals surface area contributed by atoms with Crippen LogP contribution in [0.15, 0.2) is 11.0 Å². The lowest BCUT2D eigenvalue weighted by Gasteiger charge is -2.15. The minimum Gasteiger partial charge on any atom is -0.383 e. The first-order chi connectivity index (χ1) is 8.94. The van der Waals surface area contributed by atoms with Gasteiger partial charge in [0.15, 0.2) is 0 Å². The summed E-state index contributed by atoms with van der Waals surface area (Å²) in [5.74, 6) is 0. The number of thiophene rings is 1. The van der Waals surface area contributed by atoms with Crippen LogP contribution in [0.2, 0.25) is 0 Å². The third kappa shape index (κ3) is 4.54. The fourth-order valence-corrected chi connectivity index (χ4v) is 4.72. The van der Waals surface area contributed by atoms with Gasteiger partial charge in [-0.15, -0.1) is 11.3 Å². The number of sulfonamides is 1. The lowest BCUT2D eigenvalue weighted by atomic mass is 10.3. The molecule has 5 nitrogen and oxygen atoms in total. The Labute approximate surface area is 119 Å². The van der Waals surface area contributed by atoms with Gasteiger partial charge in [-0.05, 0) is 26.5 Å². The Bertz CT molecular complexity index is 497. The molecule has 19 heavy (non-hydrogen) atoms. The van der Waals surface area contributed by atoms with Gasteiger partial charge in [-0.2, -0.15) is 0 Å². The third-order valence-corrected chi connectivity index (χ3v) is 5.57. The second-order valence-electron chi connectivity index (χ2n) is 4.35. The van der Waals surface area contributed by atoms with Crippen molar-refractivity contribution < 1.29 is 13.2 Å². The second kappa shape index (κ2) is 7.35. The van der Waals surface area contributed by atoms with Gasteiger partial charge in [0.25, 0.3) is 0 Å². The average molecular weight is 306 g/mol. The van der Waals surface area contributed by atoms with Crippen LogP contribution in [0.1, 0.15) is 23.1 Å². The highest BCUT2D eigenvalue weighted by Crippen LogP contribution is 2.25. The SMILES string of the molecule is CCC(COC)NS(=O)(=O)c1cc(CNC)sc1C. The summed E-state index contributed by atoms with van der Waals surface area (Å²) in [4.78, 5) is 2.20. The first-order valence-electron chi connectivity index (χ1n) is 6.19. The lowest BCUT2D eigenvalue weighted by molar-refractivity contribution is 0.173.